The lowest BCUT2D eigenvalue weighted by molar-refractivity contribution is -0.111. The third-order valence-corrected chi connectivity index (χ3v) is 6.15. The number of nitrogens with zero attached hydrogens (tertiary/aromatic N) is 3. The summed E-state index contributed by atoms with van der Waals surface area (Å²) >= 11 is 0. The molecular weight excluding hydrogens is 452 g/mol. The highest BCUT2D eigenvalue weighted by atomic mass is 16.5. The highest BCUT2D eigenvalue weighted by molar-refractivity contribution is 6.00. The molecule has 1 aliphatic heterocycles. The van der Waals surface area contributed by atoms with Crippen LogP contribution in [0.4, 0.5) is 23.0 Å². The Kier molecular flexibility index (Phi) is 6.77. The first-order valence-electron chi connectivity index (χ1n) is 11.8. The Morgan fingerprint density at radius 2 is 1.94 bits per heavy atom. The fourth-order valence-electron chi connectivity index (χ4n) is 4.33. The summed E-state index contributed by atoms with van der Waals surface area (Å²) in [4.78, 5) is 23.5. The Labute approximate surface area is 210 Å². The minimum Gasteiger partial charge on any atom is -0.494 e. The highest BCUT2D eigenvalue weighted by Crippen LogP contribution is 2.33. The first-order valence-corrected chi connectivity index (χ1v) is 11.8. The molecule has 182 valence electrons. The zero-order chi connectivity index (χ0) is 24.9. The standard InChI is InChI=1S/C28H28N6O2/c1-3-26(35)31-21-8-4-6-19(16-21)23-9-5-7-20-18-30-28(33-27(20)23)32-24-11-10-22(17-25(24)36-2)34-14-12-29-13-15-34/h3-11,16-18,29H,1,12-15H2,2H3,(H,31,35)(H,30,32,33). The zero-order valence-electron chi connectivity index (χ0n) is 20.1. The van der Waals surface area contributed by atoms with E-state index in [1.165, 1.54) is 6.08 Å². The monoisotopic (exact) mass is 480 g/mol. The average Bonchev–Trinajstić information content (AvgIpc) is 2.93. The number of fused-ring (bicyclic) bond motifs is 1. The summed E-state index contributed by atoms with van der Waals surface area (Å²) in [7, 11) is 1.67. The minimum absolute atomic E-state index is 0.254. The number of benzene rings is 3. The number of amides is 1. The number of anilines is 4. The number of piperazine rings is 1. The Bertz CT molecular complexity index is 1410. The fourth-order valence-corrected chi connectivity index (χ4v) is 4.33. The fraction of sp³-hybridized carbons (Fsp3) is 0.179. The lowest BCUT2D eigenvalue weighted by atomic mass is 10.0. The van der Waals surface area contributed by atoms with Crippen LogP contribution in [0.1, 0.15) is 0 Å². The Morgan fingerprint density at radius 3 is 2.75 bits per heavy atom. The van der Waals surface area contributed by atoms with Gasteiger partial charge in [-0.15, -0.1) is 0 Å². The van der Waals surface area contributed by atoms with Gasteiger partial charge in [0.15, 0.2) is 0 Å². The van der Waals surface area contributed by atoms with Crippen LogP contribution >= 0.6 is 0 Å². The lowest BCUT2D eigenvalue weighted by Crippen LogP contribution is -2.43. The van der Waals surface area contributed by atoms with Crippen LogP contribution in [-0.2, 0) is 4.79 Å². The summed E-state index contributed by atoms with van der Waals surface area (Å²) in [5.41, 5.74) is 5.29. The first kappa shape index (κ1) is 23.3. The molecule has 1 saturated heterocycles. The maximum atomic E-state index is 11.7. The van der Waals surface area contributed by atoms with Gasteiger partial charge in [-0.05, 0) is 35.9 Å². The number of rotatable bonds is 7. The zero-order valence-corrected chi connectivity index (χ0v) is 20.1. The largest absolute Gasteiger partial charge is 0.494 e. The predicted molar refractivity (Wildman–Crippen MR) is 145 cm³/mol. The van der Waals surface area contributed by atoms with Crippen molar-refractivity contribution < 1.29 is 9.53 Å². The van der Waals surface area contributed by atoms with Gasteiger partial charge in [-0.25, -0.2) is 9.97 Å². The van der Waals surface area contributed by atoms with Crippen molar-refractivity contribution in [3.05, 3.63) is 79.5 Å². The number of nitrogens with one attached hydrogen (secondary N) is 3. The van der Waals surface area contributed by atoms with Crippen LogP contribution in [0.25, 0.3) is 22.0 Å². The van der Waals surface area contributed by atoms with E-state index in [-0.39, 0.29) is 5.91 Å². The van der Waals surface area contributed by atoms with Gasteiger partial charge in [-0.3, -0.25) is 4.79 Å². The van der Waals surface area contributed by atoms with Gasteiger partial charge < -0.3 is 25.6 Å². The SMILES string of the molecule is C=CC(=O)Nc1cccc(-c2cccc3cnc(Nc4ccc(N5CCNCC5)cc4OC)nc23)c1. The molecule has 0 saturated carbocycles. The normalized spacial score (nSPS) is 13.3. The summed E-state index contributed by atoms with van der Waals surface area (Å²) in [5.74, 6) is 0.948. The number of carbonyl (C=O) groups is 1. The molecule has 1 aliphatic rings. The maximum absolute atomic E-state index is 11.7. The molecule has 36 heavy (non-hydrogen) atoms. The quantitative estimate of drug-likeness (QED) is 0.334. The number of hydrogen-bond donors (Lipinski definition) is 3. The number of para-hydroxylation sites is 1. The third kappa shape index (κ3) is 4.99. The second-order valence-corrected chi connectivity index (χ2v) is 8.46. The highest BCUT2D eigenvalue weighted by Gasteiger charge is 2.14. The van der Waals surface area contributed by atoms with Gasteiger partial charge in [0.2, 0.25) is 11.9 Å². The molecular formula is C28H28N6O2. The molecule has 8 heteroatoms. The van der Waals surface area contributed by atoms with E-state index in [0.717, 1.165) is 65.3 Å². The van der Waals surface area contributed by atoms with Gasteiger partial charge in [0, 0.05) is 60.8 Å². The van der Waals surface area contributed by atoms with Crippen molar-refractivity contribution in [3.63, 3.8) is 0 Å². The average molecular weight is 481 g/mol. The summed E-state index contributed by atoms with van der Waals surface area (Å²) in [6, 6.07) is 19.8. The van der Waals surface area contributed by atoms with Crippen molar-refractivity contribution in [1.82, 2.24) is 15.3 Å². The number of hydrogen-bond acceptors (Lipinski definition) is 7. The molecule has 0 unspecified atom stereocenters. The summed E-state index contributed by atoms with van der Waals surface area (Å²) < 4.78 is 5.68. The van der Waals surface area contributed by atoms with E-state index in [2.05, 4.69) is 38.5 Å². The molecule has 2 heterocycles. The van der Waals surface area contributed by atoms with Crippen molar-refractivity contribution >= 4 is 39.8 Å². The van der Waals surface area contributed by atoms with Crippen molar-refractivity contribution in [2.75, 3.05) is 48.8 Å². The third-order valence-electron chi connectivity index (χ3n) is 6.15. The molecule has 4 aromatic rings. The molecule has 5 rings (SSSR count). The van der Waals surface area contributed by atoms with E-state index in [0.29, 0.717) is 11.6 Å². The number of carbonyl (C=O) groups excluding carboxylic acids is 1. The van der Waals surface area contributed by atoms with Gasteiger partial charge in [0.1, 0.15) is 5.75 Å². The second kappa shape index (κ2) is 10.5. The first-order chi connectivity index (χ1) is 17.6. The van der Waals surface area contributed by atoms with Gasteiger partial charge in [0.05, 0.1) is 18.3 Å². The van der Waals surface area contributed by atoms with Crippen LogP contribution in [0.5, 0.6) is 5.75 Å². The van der Waals surface area contributed by atoms with Gasteiger partial charge in [-0.1, -0.05) is 36.9 Å². The second-order valence-electron chi connectivity index (χ2n) is 8.46. The number of aromatic nitrogens is 2. The van der Waals surface area contributed by atoms with Crippen LogP contribution < -0.4 is 25.6 Å². The van der Waals surface area contributed by atoms with E-state index in [1.807, 2.05) is 54.6 Å². The molecule has 0 radical (unpaired) electrons. The van der Waals surface area contributed by atoms with Gasteiger partial charge in [0.25, 0.3) is 0 Å². The van der Waals surface area contributed by atoms with Crippen molar-refractivity contribution in [2.24, 2.45) is 0 Å². The molecule has 8 nitrogen and oxygen atoms in total. The smallest absolute Gasteiger partial charge is 0.247 e. The van der Waals surface area contributed by atoms with E-state index in [1.54, 1.807) is 13.3 Å². The van der Waals surface area contributed by atoms with Crippen LogP contribution in [0.3, 0.4) is 0 Å². The van der Waals surface area contributed by atoms with Gasteiger partial charge in [-0.2, -0.15) is 0 Å². The van der Waals surface area contributed by atoms with E-state index in [4.69, 9.17) is 9.72 Å². The minimum atomic E-state index is -0.254. The molecule has 3 aromatic carbocycles. The van der Waals surface area contributed by atoms with Crippen molar-refractivity contribution in [3.8, 4) is 16.9 Å². The molecule has 0 bridgehead atoms. The van der Waals surface area contributed by atoms with Crippen LogP contribution in [0, 0.1) is 0 Å². The number of methoxy groups -OCH3 is 1. The summed E-state index contributed by atoms with van der Waals surface area (Å²) in [6.07, 6.45) is 3.05. The lowest BCUT2D eigenvalue weighted by Gasteiger charge is -2.30. The van der Waals surface area contributed by atoms with Crippen LogP contribution in [0.15, 0.2) is 79.5 Å². The molecule has 0 aliphatic carbocycles. The molecule has 1 fully saturated rings. The Morgan fingerprint density at radius 1 is 1.11 bits per heavy atom. The topological polar surface area (TPSA) is 91.4 Å². The molecule has 1 aromatic heterocycles. The van der Waals surface area contributed by atoms with Crippen LogP contribution in [-0.4, -0.2) is 49.2 Å². The molecule has 0 spiro atoms. The maximum Gasteiger partial charge on any atom is 0.247 e. The Hall–Kier alpha value is -4.43. The van der Waals surface area contributed by atoms with E-state index in [9.17, 15) is 4.79 Å². The number of ether oxygens (including phenoxy) is 1. The van der Waals surface area contributed by atoms with Gasteiger partial charge >= 0.3 is 0 Å². The summed E-state index contributed by atoms with van der Waals surface area (Å²) in [5, 5.41) is 10.4. The molecule has 3 N–H and O–H groups in total. The van der Waals surface area contributed by atoms with E-state index < -0.39 is 0 Å². The molecule has 0 atom stereocenters. The van der Waals surface area contributed by atoms with Crippen LogP contribution in [0.2, 0.25) is 0 Å². The molecule has 1 amide bonds. The van der Waals surface area contributed by atoms with E-state index >= 15 is 0 Å². The van der Waals surface area contributed by atoms with Crippen molar-refractivity contribution in [1.29, 1.82) is 0 Å². The summed E-state index contributed by atoms with van der Waals surface area (Å²) in [6.45, 7) is 7.38. The van der Waals surface area contributed by atoms with Crippen molar-refractivity contribution in [2.45, 2.75) is 0 Å². The predicted octanol–water partition coefficient (Wildman–Crippen LogP) is 4.58. The Balaban J connectivity index is 1.46.